The summed E-state index contributed by atoms with van der Waals surface area (Å²) < 4.78 is 26.8. The van der Waals surface area contributed by atoms with Gasteiger partial charge in [0.05, 0.1) is 27.7 Å². The number of unbranched alkanes of at least 4 members (excludes halogenated alkanes) is 18. The lowest BCUT2D eigenvalue weighted by Gasteiger charge is -2.27. The Bertz CT molecular complexity index is 782. The van der Waals surface area contributed by atoms with Crippen LogP contribution in [0.3, 0.4) is 0 Å². The number of hydrogen-bond donors (Lipinski definition) is 1. The summed E-state index contributed by atoms with van der Waals surface area (Å²) in [6.45, 7) is 1.94. The molecule has 0 heterocycles. The van der Waals surface area contributed by atoms with E-state index in [0.717, 1.165) is 25.7 Å². The monoisotopic (exact) mass is 659 g/mol. The first-order valence-electron chi connectivity index (χ1n) is 18.1. The van der Waals surface area contributed by atoms with Gasteiger partial charge in [0, 0.05) is 6.42 Å². The van der Waals surface area contributed by atoms with E-state index >= 15 is 0 Å². The fraction of sp³-hybridized carbons (Fsp3) is 0.861. The SMILES string of the molecule is CCCCCCC/C=C\C/C=C\CCCCCCCCCCCCCCCC(=O)OCC(O)COP(=O)([O-])OCC[N+](C)(C)C. The Balaban J connectivity index is 3.44. The van der Waals surface area contributed by atoms with Gasteiger partial charge < -0.3 is 28.3 Å². The first-order valence-corrected chi connectivity index (χ1v) is 19.6. The van der Waals surface area contributed by atoms with E-state index in [0.29, 0.717) is 17.4 Å². The van der Waals surface area contributed by atoms with Gasteiger partial charge in [-0.3, -0.25) is 9.36 Å². The maximum absolute atomic E-state index is 11.9. The number of phosphoric acid groups is 1. The average molecular weight is 660 g/mol. The van der Waals surface area contributed by atoms with Crippen LogP contribution in [0.2, 0.25) is 0 Å². The van der Waals surface area contributed by atoms with Crippen LogP contribution in [-0.4, -0.2) is 69.2 Å². The molecule has 0 rings (SSSR count). The summed E-state index contributed by atoms with van der Waals surface area (Å²) in [7, 11) is 1.25. The molecule has 0 aromatic heterocycles. The summed E-state index contributed by atoms with van der Waals surface area (Å²) in [6.07, 6.45) is 34.7. The lowest BCUT2D eigenvalue weighted by molar-refractivity contribution is -0.870. The molecule has 0 bridgehead atoms. The van der Waals surface area contributed by atoms with Gasteiger partial charge in [-0.05, 0) is 38.5 Å². The second-order valence-corrected chi connectivity index (χ2v) is 14.9. The van der Waals surface area contributed by atoms with Crippen molar-refractivity contribution in [1.82, 2.24) is 0 Å². The summed E-state index contributed by atoms with van der Waals surface area (Å²) >= 11 is 0. The number of esters is 1. The Morgan fingerprint density at radius 3 is 1.67 bits per heavy atom. The quantitative estimate of drug-likeness (QED) is 0.0247. The first-order chi connectivity index (χ1) is 21.6. The normalized spacial score (nSPS) is 14.4. The third-order valence-electron chi connectivity index (χ3n) is 7.70. The van der Waals surface area contributed by atoms with Crippen LogP contribution >= 0.6 is 7.82 Å². The van der Waals surface area contributed by atoms with Crippen molar-refractivity contribution < 1.29 is 37.6 Å². The molecule has 0 spiro atoms. The minimum absolute atomic E-state index is 0.00776. The number of allylic oxidation sites excluding steroid dienone is 4. The molecular formula is C36H70NO7P. The Morgan fingerprint density at radius 1 is 0.711 bits per heavy atom. The van der Waals surface area contributed by atoms with Gasteiger partial charge in [0.15, 0.2) is 0 Å². The lowest BCUT2D eigenvalue weighted by Crippen LogP contribution is -2.37. The molecule has 2 unspecified atom stereocenters. The van der Waals surface area contributed by atoms with Crippen LogP contribution < -0.4 is 4.89 Å². The maximum Gasteiger partial charge on any atom is 0.305 e. The number of hydrogen-bond acceptors (Lipinski definition) is 7. The molecule has 0 saturated heterocycles. The zero-order valence-corrected chi connectivity index (χ0v) is 30.5. The molecule has 9 heteroatoms. The number of quaternary nitrogens is 1. The zero-order valence-electron chi connectivity index (χ0n) is 29.6. The van der Waals surface area contributed by atoms with E-state index in [9.17, 15) is 19.4 Å². The van der Waals surface area contributed by atoms with Crippen LogP contribution in [0, 0.1) is 0 Å². The number of rotatable bonds is 33. The van der Waals surface area contributed by atoms with Gasteiger partial charge in [-0.2, -0.15) is 0 Å². The van der Waals surface area contributed by atoms with E-state index in [2.05, 4.69) is 35.8 Å². The lowest BCUT2D eigenvalue weighted by atomic mass is 10.0. The van der Waals surface area contributed by atoms with Crippen molar-refractivity contribution in [2.24, 2.45) is 0 Å². The number of phosphoric ester groups is 1. The highest BCUT2D eigenvalue weighted by atomic mass is 31.2. The molecule has 0 aliphatic rings. The standard InChI is InChI=1S/C36H70NO7P/c1-5-6-7-8-9-10-11-12-13-14-15-16-17-18-19-20-21-22-23-24-25-26-27-28-29-30-36(39)42-33-35(38)34-44-45(40,41)43-32-31-37(2,3)4/h11-12,14-15,35,38H,5-10,13,16-34H2,1-4H3/b12-11-,15-14-. The number of aliphatic hydroxyl groups is 1. The van der Waals surface area contributed by atoms with E-state index in [-0.39, 0.29) is 19.2 Å². The fourth-order valence-electron chi connectivity index (χ4n) is 4.80. The van der Waals surface area contributed by atoms with Crippen LogP contribution in [0.5, 0.6) is 0 Å². The van der Waals surface area contributed by atoms with Gasteiger partial charge in [0.25, 0.3) is 7.82 Å². The summed E-state index contributed by atoms with van der Waals surface area (Å²) in [4.78, 5) is 23.6. The number of aliphatic hydroxyl groups excluding tert-OH is 1. The highest BCUT2D eigenvalue weighted by Crippen LogP contribution is 2.38. The predicted octanol–water partition coefficient (Wildman–Crippen LogP) is 8.81. The molecule has 0 fully saturated rings. The molecular weight excluding hydrogens is 589 g/mol. The Kier molecular flexibility index (Phi) is 29.6. The molecule has 0 aliphatic heterocycles. The van der Waals surface area contributed by atoms with Gasteiger partial charge in [-0.15, -0.1) is 0 Å². The zero-order chi connectivity index (χ0) is 33.5. The van der Waals surface area contributed by atoms with Crippen LogP contribution in [0.1, 0.15) is 148 Å². The maximum atomic E-state index is 11.9. The molecule has 0 aliphatic carbocycles. The van der Waals surface area contributed by atoms with E-state index in [4.69, 9.17) is 9.26 Å². The van der Waals surface area contributed by atoms with Crippen molar-refractivity contribution in [3.05, 3.63) is 24.3 Å². The molecule has 0 saturated carbocycles. The molecule has 1 N–H and O–H groups in total. The van der Waals surface area contributed by atoms with E-state index in [1.807, 2.05) is 21.1 Å². The van der Waals surface area contributed by atoms with Crippen LogP contribution in [-0.2, 0) is 23.1 Å². The molecule has 2 atom stereocenters. The summed E-state index contributed by atoms with van der Waals surface area (Å²) in [6, 6.07) is 0. The number of carbonyl (C=O) groups is 1. The Morgan fingerprint density at radius 2 is 1.18 bits per heavy atom. The molecule has 266 valence electrons. The van der Waals surface area contributed by atoms with Crippen molar-refractivity contribution >= 4 is 13.8 Å². The van der Waals surface area contributed by atoms with Crippen molar-refractivity contribution in [2.75, 3.05) is 47.5 Å². The molecule has 0 aromatic rings. The van der Waals surface area contributed by atoms with Crippen molar-refractivity contribution in [3.63, 3.8) is 0 Å². The van der Waals surface area contributed by atoms with Crippen molar-refractivity contribution in [2.45, 2.75) is 154 Å². The number of carbonyl (C=O) groups excluding carboxylic acids is 1. The Hall–Kier alpha value is -1.02. The van der Waals surface area contributed by atoms with Gasteiger partial charge in [0.2, 0.25) is 0 Å². The third-order valence-corrected chi connectivity index (χ3v) is 8.67. The molecule has 45 heavy (non-hydrogen) atoms. The second-order valence-electron chi connectivity index (χ2n) is 13.4. The van der Waals surface area contributed by atoms with Crippen LogP contribution in [0.15, 0.2) is 24.3 Å². The van der Waals surface area contributed by atoms with E-state index in [1.165, 1.54) is 109 Å². The molecule has 8 nitrogen and oxygen atoms in total. The summed E-state index contributed by atoms with van der Waals surface area (Å²) in [5.74, 6) is -0.387. The first kappa shape index (κ1) is 44.0. The minimum atomic E-state index is -4.50. The number of likely N-dealkylation sites (N-methyl/N-ethyl adjacent to an activating group) is 1. The summed E-state index contributed by atoms with van der Waals surface area (Å²) in [5, 5.41) is 9.86. The fourth-order valence-corrected chi connectivity index (χ4v) is 5.53. The van der Waals surface area contributed by atoms with Crippen molar-refractivity contribution in [1.29, 1.82) is 0 Å². The average Bonchev–Trinajstić information content (AvgIpc) is 2.98. The van der Waals surface area contributed by atoms with Crippen molar-refractivity contribution in [3.8, 4) is 0 Å². The molecule has 0 radical (unpaired) electrons. The van der Waals surface area contributed by atoms with Gasteiger partial charge in [0.1, 0.15) is 25.9 Å². The molecule has 0 aromatic carbocycles. The highest BCUT2D eigenvalue weighted by molar-refractivity contribution is 7.45. The van der Waals surface area contributed by atoms with Crippen LogP contribution in [0.25, 0.3) is 0 Å². The topological polar surface area (TPSA) is 105 Å². The number of nitrogens with zero attached hydrogens (tertiary/aromatic N) is 1. The molecule has 0 amide bonds. The predicted molar refractivity (Wildman–Crippen MR) is 185 cm³/mol. The summed E-state index contributed by atoms with van der Waals surface area (Å²) in [5.41, 5.74) is 0. The van der Waals surface area contributed by atoms with Gasteiger partial charge in [-0.25, -0.2) is 0 Å². The van der Waals surface area contributed by atoms with Gasteiger partial charge >= 0.3 is 5.97 Å². The largest absolute Gasteiger partial charge is 0.756 e. The van der Waals surface area contributed by atoms with E-state index < -0.39 is 20.5 Å². The second kappa shape index (κ2) is 30.3. The van der Waals surface area contributed by atoms with Gasteiger partial charge in [-0.1, -0.05) is 128 Å². The Labute approximate surface area is 277 Å². The highest BCUT2D eigenvalue weighted by Gasteiger charge is 2.16. The minimum Gasteiger partial charge on any atom is -0.756 e. The smallest absolute Gasteiger partial charge is 0.305 e. The number of ether oxygens (including phenoxy) is 1. The van der Waals surface area contributed by atoms with Crippen LogP contribution in [0.4, 0.5) is 0 Å². The third kappa shape index (κ3) is 35.7. The van der Waals surface area contributed by atoms with E-state index in [1.54, 1.807) is 0 Å².